The lowest BCUT2D eigenvalue weighted by atomic mass is 10.2. The molecule has 0 saturated carbocycles. The maximum Gasteiger partial charge on any atom is 0.0868 e. The molecule has 1 rings (SSSR count). The quantitative estimate of drug-likeness (QED) is 0.578. The minimum Gasteiger partial charge on any atom is -0.342 e. The predicted octanol–water partition coefficient (Wildman–Crippen LogP) is 2.71. The van der Waals surface area contributed by atoms with Crippen LogP contribution in [-0.2, 0) is 11.1 Å². The van der Waals surface area contributed by atoms with E-state index in [-0.39, 0.29) is 0 Å². The first-order chi connectivity index (χ1) is 6.29. The molecule has 0 amide bonds. The van der Waals surface area contributed by atoms with Crippen LogP contribution in [-0.4, -0.2) is 6.04 Å². The zero-order chi connectivity index (χ0) is 9.52. The molecule has 0 aliphatic heterocycles. The molecule has 0 fully saturated rings. The molecule has 0 aliphatic rings. The lowest BCUT2D eigenvalue weighted by Gasteiger charge is -2.07. The number of rotatable bonds is 5. The summed E-state index contributed by atoms with van der Waals surface area (Å²) in [4.78, 5) is 0. The summed E-state index contributed by atoms with van der Waals surface area (Å²) in [6, 6.07) is 10.7. The lowest BCUT2D eigenvalue weighted by Crippen LogP contribution is -2.12. The van der Waals surface area contributed by atoms with Crippen LogP contribution in [0.2, 0.25) is 0 Å². The molecular formula is C10H16NOP. The second-order valence-electron chi connectivity index (χ2n) is 3.18. The molecule has 3 heteroatoms. The van der Waals surface area contributed by atoms with Crippen molar-refractivity contribution in [3.8, 4) is 0 Å². The topological polar surface area (TPSA) is 21.3 Å². The van der Waals surface area contributed by atoms with Gasteiger partial charge in [-0.1, -0.05) is 30.3 Å². The molecule has 0 radical (unpaired) electrons. The highest BCUT2D eigenvalue weighted by Crippen LogP contribution is 2.11. The molecule has 13 heavy (non-hydrogen) atoms. The van der Waals surface area contributed by atoms with Crippen molar-refractivity contribution in [2.45, 2.75) is 26.5 Å². The monoisotopic (exact) mass is 197 g/mol. The molecule has 0 saturated heterocycles. The Bertz CT molecular complexity index is 226. The van der Waals surface area contributed by atoms with Crippen LogP contribution in [0.5, 0.6) is 0 Å². The molecule has 1 atom stereocenters. The molecule has 0 heterocycles. The van der Waals surface area contributed by atoms with Crippen molar-refractivity contribution in [1.29, 1.82) is 0 Å². The fourth-order valence-corrected chi connectivity index (χ4v) is 1.41. The van der Waals surface area contributed by atoms with Crippen LogP contribution in [0.1, 0.15) is 19.4 Å². The van der Waals surface area contributed by atoms with Gasteiger partial charge in [0.05, 0.1) is 15.6 Å². The zero-order valence-electron chi connectivity index (χ0n) is 8.08. The molecule has 1 N–H and O–H groups in total. The van der Waals surface area contributed by atoms with E-state index in [1.165, 1.54) is 5.56 Å². The summed E-state index contributed by atoms with van der Waals surface area (Å²) < 4.78 is 5.45. The van der Waals surface area contributed by atoms with Gasteiger partial charge in [-0.2, -0.15) is 0 Å². The van der Waals surface area contributed by atoms with Crippen molar-refractivity contribution in [2.75, 3.05) is 0 Å². The highest BCUT2D eigenvalue weighted by molar-refractivity contribution is 7.29. The summed E-state index contributed by atoms with van der Waals surface area (Å²) in [5.41, 5.74) is 1.22. The van der Waals surface area contributed by atoms with Gasteiger partial charge in [-0.25, -0.2) is 0 Å². The van der Waals surface area contributed by atoms with Crippen LogP contribution in [0.4, 0.5) is 0 Å². The highest BCUT2D eigenvalue weighted by atomic mass is 31.1. The highest BCUT2D eigenvalue weighted by Gasteiger charge is 1.93. The Labute approximate surface area is 81.6 Å². The Balaban J connectivity index is 2.13. The average Bonchev–Trinajstić information content (AvgIpc) is 2.14. The number of nitrogens with one attached hydrogen (secondary N) is 1. The van der Waals surface area contributed by atoms with Crippen LogP contribution in [0, 0.1) is 0 Å². The van der Waals surface area contributed by atoms with E-state index >= 15 is 0 Å². The molecule has 0 aliphatic carbocycles. The fourth-order valence-electron chi connectivity index (χ4n) is 0.853. The third-order valence-electron chi connectivity index (χ3n) is 1.50. The van der Waals surface area contributed by atoms with Crippen molar-refractivity contribution in [3.05, 3.63) is 35.9 Å². The fraction of sp³-hybridized carbons (Fsp3) is 0.400. The Morgan fingerprint density at radius 1 is 1.31 bits per heavy atom. The summed E-state index contributed by atoms with van der Waals surface area (Å²) in [5, 5.41) is 3.22. The molecule has 1 aromatic rings. The van der Waals surface area contributed by atoms with Crippen molar-refractivity contribution in [1.82, 2.24) is 5.09 Å². The molecule has 0 aromatic heterocycles. The molecule has 72 valence electrons. The van der Waals surface area contributed by atoms with Crippen LogP contribution in [0.25, 0.3) is 0 Å². The third-order valence-corrected chi connectivity index (χ3v) is 2.49. The molecule has 2 nitrogen and oxygen atoms in total. The van der Waals surface area contributed by atoms with Crippen LogP contribution < -0.4 is 5.09 Å². The SMILES string of the molecule is CC(C)NPOCc1ccccc1. The second-order valence-corrected chi connectivity index (χ2v) is 3.96. The Morgan fingerprint density at radius 2 is 2.00 bits per heavy atom. The maximum atomic E-state index is 5.45. The van der Waals surface area contributed by atoms with E-state index in [1.54, 1.807) is 0 Å². The van der Waals surface area contributed by atoms with E-state index in [9.17, 15) is 0 Å². The lowest BCUT2D eigenvalue weighted by molar-refractivity contribution is 0.345. The van der Waals surface area contributed by atoms with Crippen molar-refractivity contribution in [2.24, 2.45) is 0 Å². The summed E-state index contributed by atoms with van der Waals surface area (Å²) in [7, 11) is 0.388. The Morgan fingerprint density at radius 3 is 2.62 bits per heavy atom. The molecular weight excluding hydrogens is 181 g/mol. The van der Waals surface area contributed by atoms with E-state index in [4.69, 9.17) is 4.52 Å². The van der Waals surface area contributed by atoms with Gasteiger partial charge in [0.1, 0.15) is 0 Å². The van der Waals surface area contributed by atoms with Crippen molar-refractivity contribution in [3.63, 3.8) is 0 Å². The van der Waals surface area contributed by atoms with Gasteiger partial charge in [-0.15, -0.1) is 0 Å². The largest absolute Gasteiger partial charge is 0.342 e. The Hall–Kier alpha value is -0.430. The predicted molar refractivity (Wildman–Crippen MR) is 57.8 cm³/mol. The van der Waals surface area contributed by atoms with Gasteiger partial charge in [-0.3, -0.25) is 5.09 Å². The van der Waals surface area contributed by atoms with Crippen LogP contribution in [0.15, 0.2) is 30.3 Å². The van der Waals surface area contributed by atoms with Gasteiger partial charge in [-0.05, 0) is 19.4 Å². The minimum absolute atomic E-state index is 0.388. The standard InChI is InChI=1S/C10H16NOP/c1-9(2)11-13-12-8-10-6-4-3-5-7-10/h3-7,9,11,13H,8H2,1-2H3. The van der Waals surface area contributed by atoms with E-state index in [1.807, 2.05) is 18.2 Å². The normalized spacial score (nSPS) is 11.6. The maximum absolute atomic E-state index is 5.45. The van der Waals surface area contributed by atoms with Gasteiger partial charge in [0.2, 0.25) is 0 Å². The van der Waals surface area contributed by atoms with E-state index < -0.39 is 0 Å². The van der Waals surface area contributed by atoms with Gasteiger partial charge < -0.3 is 4.52 Å². The molecule has 1 unspecified atom stereocenters. The first kappa shape index (κ1) is 10.6. The van der Waals surface area contributed by atoms with E-state index in [0.717, 1.165) is 0 Å². The van der Waals surface area contributed by atoms with Gasteiger partial charge in [0.15, 0.2) is 0 Å². The Kier molecular flexibility index (Phi) is 4.99. The molecule has 0 spiro atoms. The summed E-state index contributed by atoms with van der Waals surface area (Å²) in [6.07, 6.45) is 0. The van der Waals surface area contributed by atoms with Crippen LogP contribution >= 0.6 is 8.96 Å². The van der Waals surface area contributed by atoms with E-state index in [2.05, 4.69) is 31.1 Å². The summed E-state index contributed by atoms with van der Waals surface area (Å²) in [6.45, 7) is 4.91. The molecule has 0 bridgehead atoms. The minimum atomic E-state index is 0.388. The van der Waals surface area contributed by atoms with Gasteiger partial charge in [0.25, 0.3) is 0 Å². The first-order valence-electron chi connectivity index (χ1n) is 4.45. The molecule has 1 aromatic carbocycles. The van der Waals surface area contributed by atoms with E-state index in [0.29, 0.717) is 21.6 Å². The summed E-state index contributed by atoms with van der Waals surface area (Å²) >= 11 is 0. The summed E-state index contributed by atoms with van der Waals surface area (Å²) in [5.74, 6) is 0. The van der Waals surface area contributed by atoms with Gasteiger partial charge in [0, 0.05) is 6.04 Å². The average molecular weight is 197 g/mol. The zero-order valence-corrected chi connectivity index (χ0v) is 9.08. The number of benzene rings is 1. The smallest absolute Gasteiger partial charge is 0.0868 e. The second kappa shape index (κ2) is 6.09. The van der Waals surface area contributed by atoms with Crippen molar-refractivity contribution >= 4 is 8.96 Å². The van der Waals surface area contributed by atoms with Gasteiger partial charge >= 0.3 is 0 Å². The number of hydrogen-bond acceptors (Lipinski definition) is 2. The first-order valence-corrected chi connectivity index (χ1v) is 5.36. The van der Waals surface area contributed by atoms with Crippen molar-refractivity contribution < 1.29 is 4.52 Å². The third kappa shape index (κ3) is 4.99. The van der Waals surface area contributed by atoms with Crippen LogP contribution in [0.3, 0.4) is 0 Å². The number of hydrogen-bond donors (Lipinski definition) is 1.